The largest absolute Gasteiger partial charge is 0.435 e. The van der Waals surface area contributed by atoms with E-state index in [4.69, 9.17) is 0 Å². The van der Waals surface area contributed by atoms with Crippen molar-refractivity contribution >= 4 is 0 Å². The topological polar surface area (TPSA) is 9.23 Å². The fourth-order valence-corrected chi connectivity index (χ4v) is 5.66. The van der Waals surface area contributed by atoms with E-state index in [-0.39, 0.29) is 5.75 Å². The summed E-state index contributed by atoms with van der Waals surface area (Å²) in [6.45, 7) is -0.490. The molecule has 0 unspecified atom stereocenters. The van der Waals surface area contributed by atoms with Crippen LogP contribution in [0.25, 0.3) is 0 Å². The van der Waals surface area contributed by atoms with Crippen LogP contribution in [0.5, 0.6) is 5.75 Å². The Bertz CT molecular complexity index is 742. The molecule has 0 aliphatic heterocycles. The lowest BCUT2D eigenvalue weighted by Crippen LogP contribution is -2.17. The minimum atomic E-state index is -2.79. The Morgan fingerprint density at radius 3 is 2.00 bits per heavy atom. The SMILES string of the molecule is CCCCC[C@H]1CC[C@H](CC[C@H]2CC[C@H](C=CC#Cc3ccc(OC(F)F)cc3)CC2)CC1. The Hall–Kier alpha value is -1.82. The summed E-state index contributed by atoms with van der Waals surface area (Å²) in [6.07, 6.45) is 24.0. The van der Waals surface area contributed by atoms with E-state index in [2.05, 4.69) is 29.6 Å². The fourth-order valence-electron chi connectivity index (χ4n) is 5.66. The van der Waals surface area contributed by atoms with E-state index in [1.165, 1.54) is 102 Å². The van der Waals surface area contributed by atoms with Crippen molar-refractivity contribution in [1.29, 1.82) is 0 Å². The smallest absolute Gasteiger partial charge is 0.387 e. The highest BCUT2D eigenvalue weighted by atomic mass is 19.3. The predicted molar refractivity (Wildman–Crippen MR) is 133 cm³/mol. The van der Waals surface area contributed by atoms with Gasteiger partial charge >= 0.3 is 6.61 Å². The molecule has 1 nitrogen and oxygen atoms in total. The summed E-state index contributed by atoms with van der Waals surface area (Å²) in [5.74, 6) is 9.92. The normalized spacial score (nSPS) is 25.7. The monoisotopic (exact) mass is 456 g/mol. The number of rotatable bonds is 10. The van der Waals surface area contributed by atoms with Gasteiger partial charge < -0.3 is 4.74 Å². The molecule has 0 bridgehead atoms. The van der Waals surface area contributed by atoms with Gasteiger partial charge in [-0.3, -0.25) is 0 Å². The van der Waals surface area contributed by atoms with Crippen LogP contribution in [-0.4, -0.2) is 6.61 Å². The molecule has 0 saturated heterocycles. The summed E-state index contributed by atoms with van der Waals surface area (Å²) in [7, 11) is 0. The summed E-state index contributed by atoms with van der Waals surface area (Å²) in [6, 6.07) is 6.48. The van der Waals surface area contributed by atoms with Crippen LogP contribution in [0.4, 0.5) is 8.78 Å². The molecule has 0 atom stereocenters. The maximum absolute atomic E-state index is 12.2. The standard InChI is InChI=1S/C30H42F2O/c1-2-3-4-7-24-10-14-27(15-11-24)18-19-28-16-12-25(13-17-28)8-5-6-9-26-20-22-29(23-21-26)33-30(31)32/h5,8,20-25,27-28,30H,2-4,7,10-19H2,1H3/t24-,25-,27-,28-. The van der Waals surface area contributed by atoms with Gasteiger partial charge in [-0.2, -0.15) is 8.78 Å². The van der Waals surface area contributed by atoms with Crippen molar-refractivity contribution in [2.24, 2.45) is 23.7 Å². The first-order chi connectivity index (χ1) is 16.1. The zero-order valence-electron chi connectivity index (χ0n) is 20.4. The van der Waals surface area contributed by atoms with E-state index in [1.807, 2.05) is 6.08 Å². The summed E-state index contributed by atoms with van der Waals surface area (Å²) in [4.78, 5) is 0. The molecular formula is C30H42F2O. The van der Waals surface area contributed by atoms with Crippen LogP contribution in [0.2, 0.25) is 0 Å². The second-order valence-electron chi connectivity index (χ2n) is 10.3. The van der Waals surface area contributed by atoms with Crippen LogP contribution in [0.3, 0.4) is 0 Å². The lowest BCUT2D eigenvalue weighted by Gasteiger charge is -2.31. The van der Waals surface area contributed by atoms with Crippen LogP contribution >= 0.6 is 0 Å². The molecule has 182 valence electrons. The fraction of sp³-hybridized carbons (Fsp3) is 0.667. The number of benzene rings is 1. The third kappa shape index (κ3) is 9.91. The van der Waals surface area contributed by atoms with Gasteiger partial charge in [0.25, 0.3) is 0 Å². The number of halogens is 2. The van der Waals surface area contributed by atoms with Gasteiger partial charge in [0, 0.05) is 5.56 Å². The first-order valence-electron chi connectivity index (χ1n) is 13.4. The molecule has 2 aliphatic carbocycles. The average Bonchev–Trinajstić information content (AvgIpc) is 2.83. The molecule has 3 rings (SSSR count). The third-order valence-corrected chi connectivity index (χ3v) is 7.80. The highest BCUT2D eigenvalue weighted by Crippen LogP contribution is 2.38. The Balaban J connectivity index is 1.28. The molecular weight excluding hydrogens is 414 g/mol. The van der Waals surface area contributed by atoms with Gasteiger partial charge in [-0.1, -0.05) is 89.0 Å². The molecule has 0 amide bonds. The van der Waals surface area contributed by atoms with E-state index in [0.717, 1.165) is 23.3 Å². The second kappa shape index (κ2) is 14.4. The molecule has 2 saturated carbocycles. The number of hydrogen-bond donors (Lipinski definition) is 0. The minimum Gasteiger partial charge on any atom is -0.435 e. The van der Waals surface area contributed by atoms with Gasteiger partial charge in [0.2, 0.25) is 0 Å². The summed E-state index contributed by atoms with van der Waals surface area (Å²) >= 11 is 0. The van der Waals surface area contributed by atoms with E-state index in [9.17, 15) is 8.78 Å². The van der Waals surface area contributed by atoms with Crippen molar-refractivity contribution in [3.63, 3.8) is 0 Å². The molecule has 2 aliphatic rings. The van der Waals surface area contributed by atoms with E-state index in [0.29, 0.717) is 5.92 Å². The van der Waals surface area contributed by atoms with Crippen LogP contribution in [0.15, 0.2) is 36.4 Å². The zero-order valence-corrected chi connectivity index (χ0v) is 20.4. The predicted octanol–water partition coefficient (Wildman–Crippen LogP) is 9.17. The van der Waals surface area contributed by atoms with Gasteiger partial charge in [0.05, 0.1) is 0 Å². The van der Waals surface area contributed by atoms with Crippen LogP contribution in [0, 0.1) is 35.5 Å². The van der Waals surface area contributed by atoms with Crippen molar-refractivity contribution in [2.75, 3.05) is 0 Å². The molecule has 1 aromatic carbocycles. The van der Waals surface area contributed by atoms with Gasteiger partial charge in [0.15, 0.2) is 0 Å². The molecule has 0 N–H and O–H groups in total. The van der Waals surface area contributed by atoms with Crippen LogP contribution in [-0.2, 0) is 0 Å². The molecule has 0 aromatic heterocycles. The summed E-state index contributed by atoms with van der Waals surface area (Å²) < 4.78 is 28.8. The maximum Gasteiger partial charge on any atom is 0.387 e. The number of hydrogen-bond acceptors (Lipinski definition) is 1. The Labute approximate surface area is 200 Å². The van der Waals surface area contributed by atoms with Crippen molar-refractivity contribution in [3.05, 3.63) is 42.0 Å². The maximum atomic E-state index is 12.2. The molecule has 0 spiro atoms. The minimum absolute atomic E-state index is 0.165. The van der Waals surface area contributed by atoms with Crippen molar-refractivity contribution in [2.45, 2.75) is 103 Å². The molecule has 33 heavy (non-hydrogen) atoms. The zero-order chi connectivity index (χ0) is 23.3. The molecule has 0 heterocycles. The number of allylic oxidation sites excluding steroid dienone is 2. The first-order valence-corrected chi connectivity index (χ1v) is 13.4. The van der Waals surface area contributed by atoms with E-state index < -0.39 is 6.61 Å². The molecule has 2 fully saturated rings. The molecule has 3 heteroatoms. The molecule has 1 aromatic rings. The Kier molecular flexibility index (Phi) is 11.3. The third-order valence-electron chi connectivity index (χ3n) is 7.80. The van der Waals surface area contributed by atoms with Gasteiger partial charge in [-0.15, -0.1) is 0 Å². The number of unbranched alkanes of at least 4 members (excludes halogenated alkanes) is 2. The van der Waals surface area contributed by atoms with Gasteiger partial charge in [-0.25, -0.2) is 0 Å². The second-order valence-corrected chi connectivity index (χ2v) is 10.3. The van der Waals surface area contributed by atoms with Crippen LogP contribution in [0.1, 0.15) is 102 Å². The summed E-state index contributed by atoms with van der Waals surface area (Å²) in [5.41, 5.74) is 0.806. The van der Waals surface area contributed by atoms with E-state index >= 15 is 0 Å². The van der Waals surface area contributed by atoms with Gasteiger partial charge in [0.1, 0.15) is 5.75 Å². The molecule has 0 radical (unpaired) electrons. The highest BCUT2D eigenvalue weighted by molar-refractivity contribution is 5.40. The Morgan fingerprint density at radius 2 is 1.42 bits per heavy atom. The van der Waals surface area contributed by atoms with E-state index in [1.54, 1.807) is 12.1 Å². The van der Waals surface area contributed by atoms with Crippen molar-refractivity contribution in [3.8, 4) is 17.6 Å². The quantitative estimate of drug-likeness (QED) is 0.252. The first kappa shape index (κ1) is 25.8. The number of ether oxygens (including phenoxy) is 1. The van der Waals surface area contributed by atoms with Gasteiger partial charge in [-0.05, 0) is 79.7 Å². The van der Waals surface area contributed by atoms with Crippen molar-refractivity contribution < 1.29 is 13.5 Å². The van der Waals surface area contributed by atoms with Crippen molar-refractivity contribution in [1.82, 2.24) is 0 Å². The average molecular weight is 457 g/mol. The Morgan fingerprint density at radius 1 is 0.848 bits per heavy atom. The highest BCUT2D eigenvalue weighted by Gasteiger charge is 2.24. The number of alkyl halides is 2. The lowest BCUT2D eigenvalue weighted by molar-refractivity contribution is -0.0498. The lowest BCUT2D eigenvalue weighted by atomic mass is 9.75. The van der Waals surface area contributed by atoms with Crippen LogP contribution < -0.4 is 4.74 Å². The summed E-state index contributed by atoms with van der Waals surface area (Å²) in [5, 5.41) is 0.